The number of alkyl halides is 3. The molecule has 29 heavy (non-hydrogen) atoms. The third-order valence-corrected chi connectivity index (χ3v) is 4.73. The van der Waals surface area contributed by atoms with E-state index in [1.54, 1.807) is 11.4 Å². The number of fused-ring (bicyclic) bond motifs is 1. The molecule has 1 N–H and O–H groups in total. The van der Waals surface area contributed by atoms with Crippen LogP contribution in [-0.2, 0) is 6.18 Å². The number of anilines is 1. The first kappa shape index (κ1) is 18.9. The van der Waals surface area contributed by atoms with Crippen molar-refractivity contribution in [3.63, 3.8) is 0 Å². The van der Waals surface area contributed by atoms with E-state index in [1.807, 2.05) is 0 Å². The van der Waals surface area contributed by atoms with Crippen LogP contribution in [0.1, 0.15) is 16.1 Å². The summed E-state index contributed by atoms with van der Waals surface area (Å²) >= 11 is 1.25. The number of carbonyl (C=O) groups excluding carboxylic acids is 1. The second-order valence-electron chi connectivity index (χ2n) is 6.06. The minimum absolute atomic E-state index is 0.0380. The van der Waals surface area contributed by atoms with E-state index in [0.717, 1.165) is 18.2 Å². The predicted octanol–water partition coefficient (Wildman–Crippen LogP) is 5.19. The van der Waals surface area contributed by atoms with Gasteiger partial charge in [-0.1, -0.05) is 18.2 Å². The number of nitrogens with one attached hydrogen (secondary N) is 1. The number of amides is 1. The van der Waals surface area contributed by atoms with E-state index in [4.69, 9.17) is 4.42 Å². The fourth-order valence-corrected chi connectivity index (χ4v) is 3.31. The quantitative estimate of drug-likeness (QED) is 0.499. The second kappa shape index (κ2) is 7.17. The Hall–Kier alpha value is -3.46. The molecule has 2 heterocycles. The standard InChI is InChI=1S/C20H11F3N2O3S/c21-20(22,23)12-4-1-3-11(7-12)17-8-16(26)13-5-2-6-14(18(13)28-17)25-19(27)15-9-29-10-24-15/h1-10H,(H,25,27). The SMILES string of the molecule is O=C(Nc1cccc2c(=O)cc(-c3cccc(C(F)(F)F)c3)oc12)c1cscn1. The topological polar surface area (TPSA) is 72.2 Å². The molecule has 2 aromatic heterocycles. The zero-order valence-electron chi connectivity index (χ0n) is 14.5. The van der Waals surface area contributed by atoms with Crippen LogP contribution < -0.4 is 10.7 Å². The number of hydrogen-bond acceptors (Lipinski definition) is 5. The molecular formula is C20H11F3N2O3S. The lowest BCUT2D eigenvalue weighted by Crippen LogP contribution is -2.13. The van der Waals surface area contributed by atoms with Crippen LogP contribution in [0.2, 0.25) is 0 Å². The normalized spacial score (nSPS) is 11.6. The lowest BCUT2D eigenvalue weighted by atomic mass is 10.1. The summed E-state index contributed by atoms with van der Waals surface area (Å²) in [5.74, 6) is -0.533. The smallest absolute Gasteiger partial charge is 0.416 e. The summed E-state index contributed by atoms with van der Waals surface area (Å²) in [7, 11) is 0. The predicted molar refractivity (Wildman–Crippen MR) is 103 cm³/mol. The van der Waals surface area contributed by atoms with Crippen molar-refractivity contribution in [2.45, 2.75) is 6.18 Å². The van der Waals surface area contributed by atoms with Crippen LogP contribution >= 0.6 is 11.3 Å². The van der Waals surface area contributed by atoms with E-state index in [-0.39, 0.29) is 33.7 Å². The molecule has 4 aromatic rings. The number of carbonyl (C=O) groups is 1. The highest BCUT2D eigenvalue weighted by Gasteiger charge is 2.30. The molecule has 9 heteroatoms. The van der Waals surface area contributed by atoms with Crippen molar-refractivity contribution in [1.29, 1.82) is 0 Å². The molecule has 4 rings (SSSR count). The van der Waals surface area contributed by atoms with Crippen molar-refractivity contribution in [1.82, 2.24) is 4.98 Å². The van der Waals surface area contributed by atoms with Crippen molar-refractivity contribution in [2.75, 3.05) is 5.32 Å². The van der Waals surface area contributed by atoms with Gasteiger partial charge in [0.1, 0.15) is 11.5 Å². The Morgan fingerprint density at radius 1 is 1.10 bits per heavy atom. The van der Waals surface area contributed by atoms with Crippen LogP contribution in [0.25, 0.3) is 22.3 Å². The number of hydrogen-bond donors (Lipinski definition) is 1. The number of rotatable bonds is 3. The number of thiazole rings is 1. The van der Waals surface area contributed by atoms with Crippen LogP contribution in [0.15, 0.2) is 68.6 Å². The first-order chi connectivity index (χ1) is 13.8. The lowest BCUT2D eigenvalue weighted by Gasteiger charge is -2.10. The summed E-state index contributed by atoms with van der Waals surface area (Å²) in [4.78, 5) is 28.7. The van der Waals surface area contributed by atoms with E-state index in [1.165, 1.54) is 41.1 Å². The molecule has 2 aromatic carbocycles. The molecule has 0 saturated carbocycles. The number of aromatic nitrogens is 1. The summed E-state index contributed by atoms with van der Waals surface area (Å²) < 4.78 is 44.8. The molecule has 1 amide bonds. The van der Waals surface area contributed by atoms with E-state index in [0.29, 0.717) is 0 Å². The van der Waals surface area contributed by atoms with Crippen molar-refractivity contribution in [3.8, 4) is 11.3 Å². The fourth-order valence-electron chi connectivity index (χ4n) is 2.78. The van der Waals surface area contributed by atoms with Crippen molar-refractivity contribution in [2.24, 2.45) is 0 Å². The monoisotopic (exact) mass is 416 g/mol. The Morgan fingerprint density at radius 2 is 1.90 bits per heavy atom. The van der Waals surface area contributed by atoms with Crippen LogP contribution in [0, 0.1) is 0 Å². The molecule has 0 atom stereocenters. The number of benzene rings is 2. The van der Waals surface area contributed by atoms with Gasteiger partial charge < -0.3 is 9.73 Å². The highest BCUT2D eigenvalue weighted by atomic mass is 32.1. The van der Waals surface area contributed by atoms with Crippen molar-refractivity contribution >= 4 is 33.9 Å². The van der Waals surface area contributed by atoms with Gasteiger partial charge in [-0.25, -0.2) is 4.98 Å². The van der Waals surface area contributed by atoms with Gasteiger partial charge >= 0.3 is 6.18 Å². The zero-order valence-corrected chi connectivity index (χ0v) is 15.3. The van der Waals surface area contributed by atoms with Crippen LogP contribution in [-0.4, -0.2) is 10.9 Å². The molecule has 5 nitrogen and oxygen atoms in total. The molecule has 0 aliphatic heterocycles. The van der Waals surface area contributed by atoms with Crippen molar-refractivity contribution < 1.29 is 22.4 Å². The van der Waals surface area contributed by atoms with Crippen molar-refractivity contribution in [3.05, 3.63) is 80.9 Å². The lowest BCUT2D eigenvalue weighted by molar-refractivity contribution is -0.137. The molecule has 0 aliphatic rings. The van der Waals surface area contributed by atoms with Crippen LogP contribution in [0.4, 0.5) is 18.9 Å². The van der Waals surface area contributed by atoms with Gasteiger partial charge in [-0.3, -0.25) is 9.59 Å². The molecule has 146 valence electrons. The summed E-state index contributed by atoms with van der Waals surface area (Å²) in [6.45, 7) is 0. The molecule has 0 saturated heterocycles. The first-order valence-electron chi connectivity index (χ1n) is 8.27. The number of nitrogens with zero attached hydrogens (tertiary/aromatic N) is 1. The largest absolute Gasteiger partial charge is 0.454 e. The number of halogens is 3. The van der Waals surface area contributed by atoms with Gasteiger partial charge in [0, 0.05) is 17.0 Å². The molecular weight excluding hydrogens is 405 g/mol. The number of para-hydroxylation sites is 1. The van der Waals surface area contributed by atoms with E-state index < -0.39 is 23.1 Å². The maximum absolute atomic E-state index is 13.0. The van der Waals surface area contributed by atoms with E-state index in [9.17, 15) is 22.8 Å². The highest BCUT2D eigenvalue weighted by molar-refractivity contribution is 7.07. The first-order valence-corrected chi connectivity index (χ1v) is 9.21. The third kappa shape index (κ3) is 3.77. The average molecular weight is 416 g/mol. The fraction of sp³-hybridized carbons (Fsp3) is 0.0500. The van der Waals surface area contributed by atoms with Gasteiger partial charge in [-0.15, -0.1) is 11.3 Å². The van der Waals surface area contributed by atoms with Gasteiger partial charge in [0.2, 0.25) is 0 Å². The van der Waals surface area contributed by atoms with E-state index >= 15 is 0 Å². The van der Waals surface area contributed by atoms with Gasteiger partial charge in [0.05, 0.1) is 22.1 Å². The van der Waals surface area contributed by atoms with Gasteiger partial charge in [0.15, 0.2) is 11.0 Å². The van der Waals surface area contributed by atoms with Crippen LogP contribution in [0.5, 0.6) is 0 Å². The summed E-state index contributed by atoms with van der Waals surface area (Å²) in [6, 6.07) is 10.2. The molecule has 0 bridgehead atoms. The summed E-state index contributed by atoms with van der Waals surface area (Å²) in [5, 5.41) is 4.37. The average Bonchev–Trinajstić information content (AvgIpc) is 3.23. The molecule has 0 unspecified atom stereocenters. The molecule has 0 radical (unpaired) electrons. The maximum Gasteiger partial charge on any atom is 0.416 e. The molecule has 0 fully saturated rings. The Labute approximate surface area is 165 Å². The maximum atomic E-state index is 13.0. The minimum atomic E-state index is -4.53. The van der Waals surface area contributed by atoms with Gasteiger partial charge in [-0.2, -0.15) is 13.2 Å². The molecule has 0 spiro atoms. The molecule has 0 aliphatic carbocycles. The Balaban J connectivity index is 1.82. The summed E-state index contributed by atoms with van der Waals surface area (Å²) in [5.41, 5.74) is 0.778. The zero-order chi connectivity index (χ0) is 20.6. The Bertz CT molecular complexity index is 1260. The van der Waals surface area contributed by atoms with Gasteiger partial charge in [0.25, 0.3) is 5.91 Å². The minimum Gasteiger partial charge on any atom is -0.454 e. The van der Waals surface area contributed by atoms with Gasteiger partial charge in [-0.05, 0) is 24.3 Å². The van der Waals surface area contributed by atoms with Crippen LogP contribution in [0.3, 0.4) is 0 Å². The Morgan fingerprint density at radius 3 is 2.62 bits per heavy atom. The Kier molecular flexibility index (Phi) is 4.67. The second-order valence-corrected chi connectivity index (χ2v) is 6.78. The highest BCUT2D eigenvalue weighted by Crippen LogP contribution is 2.33. The third-order valence-electron chi connectivity index (χ3n) is 4.14. The van der Waals surface area contributed by atoms with E-state index in [2.05, 4.69) is 10.3 Å². The summed E-state index contributed by atoms with van der Waals surface area (Å²) in [6.07, 6.45) is -4.53.